The van der Waals surface area contributed by atoms with Gasteiger partial charge in [0.1, 0.15) is 5.75 Å². The Kier molecular flexibility index (Phi) is 7.31. The third-order valence-electron chi connectivity index (χ3n) is 5.99. The van der Waals surface area contributed by atoms with Crippen LogP contribution in [0.1, 0.15) is 37.7 Å². The van der Waals surface area contributed by atoms with E-state index >= 15 is 0 Å². The summed E-state index contributed by atoms with van der Waals surface area (Å²) in [5.74, 6) is 1.58. The van der Waals surface area contributed by atoms with Gasteiger partial charge in [-0.1, -0.05) is 18.2 Å². The Morgan fingerprint density at radius 2 is 2.00 bits per heavy atom. The molecule has 0 unspecified atom stereocenters. The molecule has 2 amide bonds. The maximum absolute atomic E-state index is 12.9. The first-order valence-corrected chi connectivity index (χ1v) is 10.3. The third kappa shape index (κ3) is 5.25. The fourth-order valence-corrected chi connectivity index (χ4v) is 4.14. The summed E-state index contributed by atoms with van der Waals surface area (Å²) in [5, 5.41) is 0. The van der Waals surface area contributed by atoms with E-state index in [0.717, 1.165) is 50.3 Å². The lowest BCUT2D eigenvalue weighted by Gasteiger charge is -2.34. The van der Waals surface area contributed by atoms with E-state index in [4.69, 9.17) is 9.47 Å². The molecule has 0 N–H and O–H groups in total. The van der Waals surface area contributed by atoms with Crippen LogP contribution >= 0.6 is 0 Å². The van der Waals surface area contributed by atoms with Crippen LogP contribution in [0.5, 0.6) is 5.75 Å². The minimum absolute atomic E-state index is 0.111. The predicted octanol–water partition coefficient (Wildman–Crippen LogP) is 2.71. The minimum Gasteiger partial charge on any atom is -0.496 e. The fraction of sp³-hybridized carbons (Fsp3) is 0.636. The van der Waals surface area contributed by atoms with Crippen LogP contribution in [0.2, 0.25) is 0 Å². The summed E-state index contributed by atoms with van der Waals surface area (Å²) in [7, 11) is 3.53. The highest BCUT2D eigenvalue weighted by atomic mass is 16.5. The zero-order valence-electron chi connectivity index (χ0n) is 17.1. The summed E-state index contributed by atoms with van der Waals surface area (Å²) in [5.41, 5.74) is 0.972. The molecule has 0 bridgehead atoms. The molecule has 0 aromatic heterocycles. The van der Waals surface area contributed by atoms with E-state index in [1.54, 1.807) is 12.0 Å². The second-order valence-corrected chi connectivity index (χ2v) is 7.93. The molecule has 6 nitrogen and oxygen atoms in total. The number of methoxy groups -OCH3 is 1. The van der Waals surface area contributed by atoms with E-state index in [9.17, 15) is 9.59 Å². The Morgan fingerprint density at radius 3 is 2.75 bits per heavy atom. The van der Waals surface area contributed by atoms with Gasteiger partial charge in [-0.25, -0.2) is 0 Å². The summed E-state index contributed by atoms with van der Waals surface area (Å²) < 4.78 is 10.8. The lowest BCUT2D eigenvalue weighted by atomic mass is 9.94. The molecule has 154 valence electrons. The topological polar surface area (TPSA) is 59.1 Å². The Bertz CT molecular complexity index is 672. The molecule has 0 radical (unpaired) electrons. The van der Waals surface area contributed by atoms with Gasteiger partial charge in [-0.05, 0) is 37.7 Å². The van der Waals surface area contributed by atoms with Crippen LogP contribution in [0.15, 0.2) is 24.3 Å². The highest BCUT2D eigenvalue weighted by Crippen LogP contribution is 2.25. The summed E-state index contributed by atoms with van der Waals surface area (Å²) in [6.45, 7) is 3.42. The van der Waals surface area contributed by atoms with Crippen molar-refractivity contribution in [2.45, 2.75) is 38.6 Å². The number of ether oxygens (including phenoxy) is 2. The molecular weight excluding hydrogens is 356 g/mol. The van der Waals surface area contributed by atoms with Crippen molar-refractivity contribution < 1.29 is 19.1 Å². The van der Waals surface area contributed by atoms with Crippen LogP contribution in [0.3, 0.4) is 0 Å². The number of carbonyl (C=O) groups is 2. The molecule has 0 spiro atoms. The van der Waals surface area contributed by atoms with Gasteiger partial charge in [0.2, 0.25) is 11.8 Å². The van der Waals surface area contributed by atoms with Crippen LogP contribution in [0.4, 0.5) is 0 Å². The Morgan fingerprint density at radius 1 is 1.25 bits per heavy atom. The summed E-state index contributed by atoms with van der Waals surface area (Å²) in [4.78, 5) is 29.0. The predicted molar refractivity (Wildman–Crippen MR) is 107 cm³/mol. The van der Waals surface area contributed by atoms with E-state index in [2.05, 4.69) is 0 Å². The van der Waals surface area contributed by atoms with Crippen molar-refractivity contribution in [3.05, 3.63) is 29.8 Å². The van der Waals surface area contributed by atoms with E-state index in [-0.39, 0.29) is 17.7 Å². The molecule has 2 aliphatic heterocycles. The largest absolute Gasteiger partial charge is 0.496 e. The lowest BCUT2D eigenvalue weighted by Crippen LogP contribution is -2.46. The average molecular weight is 389 g/mol. The number of hydrogen-bond acceptors (Lipinski definition) is 4. The smallest absolute Gasteiger partial charge is 0.227 e. The van der Waals surface area contributed by atoms with Gasteiger partial charge in [-0.3, -0.25) is 9.59 Å². The van der Waals surface area contributed by atoms with Gasteiger partial charge >= 0.3 is 0 Å². The van der Waals surface area contributed by atoms with Crippen LogP contribution in [-0.2, 0) is 20.9 Å². The van der Waals surface area contributed by atoms with Crippen LogP contribution in [0.25, 0.3) is 0 Å². The highest BCUT2D eigenvalue weighted by molar-refractivity contribution is 5.83. The second-order valence-electron chi connectivity index (χ2n) is 7.93. The summed E-state index contributed by atoms with van der Waals surface area (Å²) >= 11 is 0. The first-order valence-electron chi connectivity index (χ1n) is 10.3. The number of carbonyl (C=O) groups excluding carboxylic acids is 2. The second kappa shape index (κ2) is 9.92. The molecule has 2 heterocycles. The maximum atomic E-state index is 12.9. The molecular formula is C22H32N2O4. The number of hydrogen-bond donors (Lipinski definition) is 0. The van der Waals surface area contributed by atoms with Crippen molar-refractivity contribution in [2.75, 3.05) is 40.5 Å². The van der Waals surface area contributed by atoms with Crippen molar-refractivity contribution >= 4 is 11.8 Å². The number of piperidine rings is 1. The molecule has 1 aromatic rings. The zero-order chi connectivity index (χ0) is 19.9. The summed E-state index contributed by atoms with van der Waals surface area (Å²) in [6, 6.07) is 7.73. The van der Waals surface area contributed by atoms with Crippen molar-refractivity contribution in [1.29, 1.82) is 0 Å². The number of nitrogens with zero attached hydrogens (tertiary/aromatic N) is 2. The van der Waals surface area contributed by atoms with Gasteiger partial charge < -0.3 is 19.3 Å². The van der Waals surface area contributed by atoms with Gasteiger partial charge in [0.25, 0.3) is 0 Å². The van der Waals surface area contributed by atoms with E-state index < -0.39 is 0 Å². The fourth-order valence-electron chi connectivity index (χ4n) is 4.14. The number of amides is 2. The zero-order valence-corrected chi connectivity index (χ0v) is 17.1. The van der Waals surface area contributed by atoms with Crippen LogP contribution < -0.4 is 4.74 Å². The molecule has 2 saturated heterocycles. The molecule has 2 fully saturated rings. The Labute approximate surface area is 167 Å². The van der Waals surface area contributed by atoms with E-state index in [0.29, 0.717) is 31.8 Å². The van der Waals surface area contributed by atoms with Gasteiger partial charge in [-0.15, -0.1) is 0 Å². The maximum Gasteiger partial charge on any atom is 0.227 e. The number of benzene rings is 1. The average Bonchev–Trinajstić information content (AvgIpc) is 2.74. The number of likely N-dealkylation sites (tertiary alicyclic amines) is 1. The highest BCUT2D eigenvalue weighted by Gasteiger charge is 2.32. The first-order chi connectivity index (χ1) is 13.6. The minimum atomic E-state index is -0.118. The van der Waals surface area contributed by atoms with Gasteiger partial charge in [0.05, 0.1) is 13.0 Å². The monoisotopic (exact) mass is 388 g/mol. The first kappa shape index (κ1) is 20.6. The molecule has 28 heavy (non-hydrogen) atoms. The van der Waals surface area contributed by atoms with Crippen molar-refractivity contribution in [2.24, 2.45) is 11.8 Å². The Hall–Kier alpha value is -2.08. The van der Waals surface area contributed by atoms with Gasteiger partial charge in [-0.2, -0.15) is 0 Å². The van der Waals surface area contributed by atoms with Crippen molar-refractivity contribution in [3.8, 4) is 5.75 Å². The molecule has 1 aromatic carbocycles. The van der Waals surface area contributed by atoms with E-state index in [1.165, 1.54) is 0 Å². The van der Waals surface area contributed by atoms with Crippen molar-refractivity contribution in [3.63, 3.8) is 0 Å². The van der Waals surface area contributed by atoms with E-state index in [1.807, 2.05) is 36.2 Å². The molecule has 2 aliphatic rings. The molecule has 3 rings (SSSR count). The lowest BCUT2D eigenvalue weighted by molar-refractivity contribution is -0.142. The quantitative estimate of drug-likeness (QED) is 0.721. The Balaban J connectivity index is 1.55. The summed E-state index contributed by atoms with van der Waals surface area (Å²) in [6.07, 6.45) is 4.28. The number of para-hydroxylation sites is 1. The molecule has 1 atom stereocenters. The standard InChI is InChI=1S/C22H32N2O4/c1-23(12-9-17-10-13-28-14-11-17)22(26)19-7-8-21(25)24(16-19)15-18-5-3-4-6-20(18)27-2/h3-6,17,19H,7-16H2,1-2H3/t19-/m0/s1. The molecule has 0 aliphatic carbocycles. The van der Waals surface area contributed by atoms with Gasteiger partial charge in [0.15, 0.2) is 0 Å². The normalized spacial score (nSPS) is 20.9. The molecule has 6 heteroatoms. The van der Waals surface area contributed by atoms with Crippen molar-refractivity contribution in [1.82, 2.24) is 9.80 Å². The van der Waals surface area contributed by atoms with Crippen LogP contribution in [0, 0.1) is 11.8 Å². The third-order valence-corrected chi connectivity index (χ3v) is 5.99. The van der Waals surface area contributed by atoms with Gasteiger partial charge in [0, 0.05) is 51.9 Å². The van der Waals surface area contributed by atoms with Crippen LogP contribution in [-0.4, -0.2) is 62.1 Å². The number of rotatable bonds is 7. The molecule has 0 saturated carbocycles. The SMILES string of the molecule is COc1ccccc1CN1C[C@@H](C(=O)N(C)CCC2CCOCC2)CCC1=O.